The minimum absolute atomic E-state index is 0.280. The summed E-state index contributed by atoms with van der Waals surface area (Å²) in [6.07, 6.45) is 5.68. The monoisotopic (exact) mass is 280 g/mol. The van der Waals surface area contributed by atoms with Gasteiger partial charge in [-0.25, -0.2) is 0 Å². The molecule has 0 aromatic carbocycles. The second-order valence-electron chi connectivity index (χ2n) is 6.25. The Kier molecular flexibility index (Phi) is 6.07. The van der Waals surface area contributed by atoms with Crippen molar-refractivity contribution in [2.75, 3.05) is 32.8 Å². The van der Waals surface area contributed by atoms with Crippen LogP contribution in [0.3, 0.4) is 0 Å². The molecule has 0 amide bonds. The number of hydrogen-bond acceptors (Lipinski definition) is 4. The van der Waals surface area contributed by atoms with Gasteiger partial charge in [-0.05, 0) is 31.4 Å². The fourth-order valence-corrected chi connectivity index (χ4v) is 2.88. The Labute approximate surface area is 122 Å². The van der Waals surface area contributed by atoms with Gasteiger partial charge < -0.3 is 9.52 Å². The summed E-state index contributed by atoms with van der Waals surface area (Å²) in [5, 5.41) is 9.30. The lowest BCUT2D eigenvalue weighted by atomic mass is 10.1. The molecule has 0 unspecified atom stereocenters. The predicted octanol–water partition coefficient (Wildman–Crippen LogP) is 2.19. The van der Waals surface area contributed by atoms with Crippen molar-refractivity contribution in [2.45, 2.75) is 39.3 Å². The molecule has 114 valence electrons. The minimum Gasteiger partial charge on any atom is -0.472 e. The first-order valence-electron chi connectivity index (χ1n) is 7.77. The van der Waals surface area contributed by atoms with E-state index in [1.165, 1.54) is 12.0 Å². The van der Waals surface area contributed by atoms with E-state index in [9.17, 15) is 5.11 Å². The van der Waals surface area contributed by atoms with E-state index in [2.05, 4.69) is 23.6 Å². The Bertz CT molecular complexity index is 365. The van der Waals surface area contributed by atoms with Gasteiger partial charge in [0.15, 0.2) is 0 Å². The van der Waals surface area contributed by atoms with Crippen LogP contribution in [-0.4, -0.2) is 53.7 Å². The molecule has 2 rings (SSSR count). The lowest BCUT2D eigenvalue weighted by molar-refractivity contribution is 0.0523. The van der Waals surface area contributed by atoms with Gasteiger partial charge in [-0.1, -0.05) is 13.8 Å². The topological polar surface area (TPSA) is 39.9 Å². The minimum atomic E-state index is 0.280. The number of piperazine rings is 1. The Morgan fingerprint density at radius 3 is 2.90 bits per heavy atom. The largest absolute Gasteiger partial charge is 0.472 e. The summed E-state index contributed by atoms with van der Waals surface area (Å²) in [5.41, 5.74) is 1.24. The second-order valence-corrected chi connectivity index (χ2v) is 6.25. The molecule has 0 saturated carbocycles. The highest BCUT2D eigenvalue weighted by Gasteiger charge is 2.26. The summed E-state index contributed by atoms with van der Waals surface area (Å²) in [5.74, 6) is 0.744. The van der Waals surface area contributed by atoms with Crippen LogP contribution in [0.1, 0.15) is 32.3 Å². The molecule has 1 aromatic heterocycles. The Morgan fingerprint density at radius 1 is 1.40 bits per heavy atom. The number of aliphatic hydroxyl groups is 1. The third-order valence-corrected chi connectivity index (χ3v) is 4.13. The lowest BCUT2D eigenvalue weighted by Gasteiger charge is -2.41. The molecule has 1 aromatic rings. The standard InChI is InChI=1S/C16H28N2O2/c1-14(2)3-6-18-8-7-17(12-16(18)4-9-19)11-15-5-10-20-13-15/h5,10,13-14,16,19H,3-4,6-9,11-12H2,1-2H3/t16-/m1/s1. The van der Waals surface area contributed by atoms with Crippen molar-refractivity contribution < 1.29 is 9.52 Å². The van der Waals surface area contributed by atoms with Crippen molar-refractivity contribution in [1.82, 2.24) is 9.80 Å². The molecule has 1 fully saturated rings. The molecule has 1 aliphatic rings. The van der Waals surface area contributed by atoms with Crippen LogP contribution in [0, 0.1) is 5.92 Å². The Hall–Kier alpha value is -0.840. The second kappa shape index (κ2) is 7.81. The van der Waals surface area contributed by atoms with Crippen molar-refractivity contribution in [1.29, 1.82) is 0 Å². The van der Waals surface area contributed by atoms with Crippen molar-refractivity contribution in [3.8, 4) is 0 Å². The molecular weight excluding hydrogens is 252 g/mol. The Morgan fingerprint density at radius 2 is 2.25 bits per heavy atom. The van der Waals surface area contributed by atoms with Crippen LogP contribution in [0.4, 0.5) is 0 Å². The zero-order valence-electron chi connectivity index (χ0n) is 12.8. The molecule has 20 heavy (non-hydrogen) atoms. The maximum Gasteiger partial charge on any atom is 0.0947 e. The number of nitrogens with zero attached hydrogens (tertiary/aromatic N) is 2. The first-order valence-corrected chi connectivity index (χ1v) is 7.77. The first kappa shape index (κ1) is 15.5. The fourth-order valence-electron chi connectivity index (χ4n) is 2.88. The number of aliphatic hydroxyl groups excluding tert-OH is 1. The molecular formula is C16H28N2O2. The summed E-state index contributed by atoms with van der Waals surface area (Å²) in [4.78, 5) is 5.03. The molecule has 0 spiro atoms. The summed E-state index contributed by atoms with van der Waals surface area (Å²) in [7, 11) is 0. The van der Waals surface area contributed by atoms with Crippen LogP contribution in [0.5, 0.6) is 0 Å². The van der Waals surface area contributed by atoms with Gasteiger partial charge in [0.1, 0.15) is 0 Å². The first-order chi connectivity index (χ1) is 9.69. The van der Waals surface area contributed by atoms with Crippen LogP contribution in [0.15, 0.2) is 23.0 Å². The maximum atomic E-state index is 9.30. The van der Waals surface area contributed by atoms with E-state index >= 15 is 0 Å². The van der Waals surface area contributed by atoms with E-state index in [0.29, 0.717) is 6.04 Å². The third-order valence-electron chi connectivity index (χ3n) is 4.13. The van der Waals surface area contributed by atoms with Gasteiger partial charge in [-0.15, -0.1) is 0 Å². The summed E-state index contributed by atoms with van der Waals surface area (Å²) >= 11 is 0. The summed E-state index contributed by atoms with van der Waals surface area (Å²) in [6, 6.07) is 2.52. The van der Waals surface area contributed by atoms with Crippen molar-refractivity contribution in [3.05, 3.63) is 24.2 Å². The lowest BCUT2D eigenvalue weighted by Crippen LogP contribution is -2.53. The van der Waals surface area contributed by atoms with Gasteiger partial charge in [0.05, 0.1) is 12.5 Å². The molecule has 1 aliphatic heterocycles. The zero-order chi connectivity index (χ0) is 14.4. The molecule has 0 radical (unpaired) electrons. The average Bonchev–Trinajstić information content (AvgIpc) is 2.91. The summed E-state index contributed by atoms with van der Waals surface area (Å²) in [6.45, 7) is 10.2. The van der Waals surface area contributed by atoms with Crippen LogP contribution in [0.2, 0.25) is 0 Å². The molecule has 1 N–H and O–H groups in total. The summed E-state index contributed by atoms with van der Waals surface area (Å²) < 4.78 is 5.14. The Balaban J connectivity index is 1.86. The van der Waals surface area contributed by atoms with Gasteiger partial charge >= 0.3 is 0 Å². The van der Waals surface area contributed by atoms with Gasteiger partial charge in [0.2, 0.25) is 0 Å². The molecule has 1 atom stereocenters. The number of rotatable bonds is 7. The molecule has 0 aliphatic carbocycles. The van der Waals surface area contributed by atoms with Crippen molar-refractivity contribution in [2.24, 2.45) is 5.92 Å². The highest BCUT2D eigenvalue weighted by Crippen LogP contribution is 2.17. The molecule has 0 bridgehead atoms. The highest BCUT2D eigenvalue weighted by molar-refractivity contribution is 5.05. The highest BCUT2D eigenvalue weighted by atomic mass is 16.3. The normalized spacial score (nSPS) is 21.7. The van der Waals surface area contributed by atoms with Crippen LogP contribution in [-0.2, 0) is 6.54 Å². The zero-order valence-corrected chi connectivity index (χ0v) is 12.8. The van der Waals surface area contributed by atoms with E-state index in [-0.39, 0.29) is 6.61 Å². The van der Waals surface area contributed by atoms with Crippen LogP contribution >= 0.6 is 0 Å². The quantitative estimate of drug-likeness (QED) is 0.831. The number of furan rings is 1. The maximum absolute atomic E-state index is 9.30. The average molecular weight is 280 g/mol. The molecule has 1 saturated heterocycles. The van der Waals surface area contributed by atoms with Crippen molar-refractivity contribution >= 4 is 0 Å². The molecule has 2 heterocycles. The van der Waals surface area contributed by atoms with E-state index in [1.807, 2.05) is 12.3 Å². The van der Waals surface area contributed by atoms with Gasteiger partial charge in [0, 0.05) is 44.4 Å². The third kappa shape index (κ3) is 4.62. The molecule has 4 nitrogen and oxygen atoms in total. The SMILES string of the molecule is CC(C)CCN1CCN(Cc2ccoc2)C[C@H]1CCO. The smallest absolute Gasteiger partial charge is 0.0947 e. The van der Waals surface area contributed by atoms with E-state index in [1.54, 1.807) is 6.26 Å². The van der Waals surface area contributed by atoms with Gasteiger partial charge in [-0.2, -0.15) is 0 Å². The van der Waals surface area contributed by atoms with E-state index in [4.69, 9.17) is 4.42 Å². The van der Waals surface area contributed by atoms with Crippen LogP contribution in [0.25, 0.3) is 0 Å². The van der Waals surface area contributed by atoms with E-state index in [0.717, 1.165) is 45.1 Å². The molecule has 4 heteroatoms. The number of hydrogen-bond donors (Lipinski definition) is 1. The van der Waals surface area contributed by atoms with E-state index < -0.39 is 0 Å². The van der Waals surface area contributed by atoms with Gasteiger partial charge in [-0.3, -0.25) is 9.80 Å². The predicted molar refractivity (Wildman–Crippen MR) is 80.5 cm³/mol. The fraction of sp³-hybridized carbons (Fsp3) is 0.750. The van der Waals surface area contributed by atoms with Crippen molar-refractivity contribution in [3.63, 3.8) is 0 Å². The van der Waals surface area contributed by atoms with Gasteiger partial charge in [0.25, 0.3) is 0 Å². The van der Waals surface area contributed by atoms with Crippen LogP contribution < -0.4 is 0 Å².